The van der Waals surface area contributed by atoms with Crippen LogP contribution in [0.5, 0.6) is 0 Å². The van der Waals surface area contributed by atoms with E-state index in [4.69, 9.17) is 23.2 Å². The molecule has 0 aromatic carbocycles. The summed E-state index contributed by atoms with van der Waals surface area (Å²) in [6, 6.07) is 11.1. The summed E-state index contributed by atoms with van der Waals surface area (Å²) in [5, 5.41) is 4.75. The first-order valence-corrected chi connectivity index (χ1v) is 46.5. The van der Waals surface area contributed by atoms with E-state index >= 15 is 0 Å². The number of alkyl halides is 4. The van der Waals surface area contributed by atoms with Crippen LogP contribution in [0.4, 0.5) is 17.6 Å². The first-order valence-electron chi connectivity index (χ1n) is 38.9. The normalized spacial score (nSPS) is 11.1. The number of nitrogens with zero attached hydrogens (tertiary/aromatic N) is 15. The number of hydrogen-bond acceptors (Lipinski definition) is 25. The molecule has 21 nitrogen and oxygen atoms in total. The Kier molecular flexibility index (Phi) is 40.4. The van der Waals surface area contributed by atoms with Gasteiger partial charge in [0.1, 0.15) is 11.4 Å². The van der Waals surface area contributed by atoms with Crippen molar-refractivity contribution in [1.29, 1.82) is 0 Å². The monoisotopic (exact) mass is 1800 g/mol. The van der Waals surface area contributed by atoms with Crippen LogP contribution < -0.4 is 16.7 Å². The largest absolute Gasteiger partial charge is 0.301 e. The first kappa shape index (κ1) is 98.8. The second kappa shape index (κ2) is 49.1. The van der Waals surface area contributed by atoms with E-state index in [0.717, 1.165) is 193 Å². The molecule has 0 amide bonds. The maximum absolute atomic E-state index is 13.4. The van der Waals surface area contributed by atoms with Crippen molar-refractivity contribution >= 4 is 105 Å². The van der Waals surface area contributed by atoms with Crippen LogP contribution in [0.25, 0.3) is 0 Å². The standard InChI is InChI=1S/C16H19F2N3OS.C16H21N3S.C14H14ClF2N3OS.C14H16ClN3S.C13H15N3OS.C13H17N3S2/c1-4-10-7-19-8-11(5-2)12(10)9-23-15-20-13(16(3,17)18)6-14(22)21-15;1-5-13-8-17-9-14(6-2)15(13)10-20-16-18-11(3)7-12(4)19-16;1-3-8-5-18-6-10(15)9(8)7-22-13-19-11(14(2,16)17)4-12(21)20-13;1-4-11-6-16-7-13(15)12(11)8-19-14-17-9(2)5-10(3)18-14;1-3-10-7-14-5-4-11(10)8-18-13-15-9(2)6-12(17)16-13;1-8(2)12-11(18-7-14-12)6-17-13-15-9(3)5-10(4)16-13/h6-8H,4-5,9H2,1-3H3,(H,20,21,22);7-9H,5-6,10H2,1-4H3;4-6H,3,7H2,1-2H3,(H,19,20,21);5-7H,4,8H2,1-3H3;4-7H,3,8H2,1-2H3,(H,15,16,17);5,7-8H,6H2,1-4H3. The molecular weight excluding hydrogens is 1700 g/mol. The van der Waals surface area contributed by atoms with Gasteiger partial charge in [-0.3, -0.25) is 39.3 Å². The highest BCUT2D eigenvalue weighted by Gasteiger charge is 2.29. The van der Waals surface area contributed by atoms with Gasteiger partial charge >= 0.3 is 0 Å². The fourth-order valence-electron chi connectivity index (χ4n) is 11.6. The van der Waals surface area contributed by atoms with Crippen LogP contribution in [-0.4, -0.2) is 89.7 Å². The Labute approximate surface area is 739 Å². The number of rotatable bonds is 28. The Bertz CT molecular complexity index is 5420. The van der Waals surface area contributed by atoms with Crippen LogP contribution in [-0.2, 0) is 91.3 Å². The zero-order valence-electron chi connectivity index (χ0n) is 70.7. The number of aromatic amines is 3. The Morgan fingerprint density at radius 1 is 0.375 bits per heavy atom. The second-order valence-electron chi connectivity index (χ2n) is 27.7. The molecule has 0 unspecified atom stereocenters. The third-order valence-electron chi connectivity index (χ3n) is 17.7. The Hall–Kier alpha value is -8.34. The summed E-state index contributed by atoms with van der Waals surface area (Å²) in [5.41, 5.74) is 21.7. The average Bonchev–Trinajstić information content (AvgIpc) is 0.990. The molecule has 12 rings (SSSR count). The zero-order valence-corrected chi connectivity index (χ0v) is 77.9. The van der Waals surface area contributed by atoms with Gasteiger partial charge in [0.05, 0.1) is 21.2 Å². The molecule has 3 N–H and O–H groups in total. The molecule has 0 saturated heterocycles. The summed E-state index contributed by atoms with van der Waals surface area (Å²) < 4.78 is 53.4. The fraction of sp³-hybridized carbons (Fsp3) is 0.395. The quantitative estimate of drug-likeness (QED) is 0.0233. The Balaban J connectivity index is 0.000000199. The summed E-state index contributed by atoms with van der Waals surface area (Å²) in [6.07, 6.45) is 24.5. The van der Waals surface area contributed by atoms with Gasteiger partial charge < -0.3 is 15.0 Å². The molecule has 34 heteroatoms. The van der Waals surface area contributed by atoms with Gasteiger partial charge in [-0.15, -0.1) is 11.3 Å². The van der Waals surface area contributed by atoms with E-state index < -0.39 is 34.4 Å². The molecule has 120 heavy (non-hydrogen) atoms. The van der Waals surface area contributed by atoms with Crippen molar-refractivity contribution in [1.82, 2.24) is 89.7 Å². The molecule has 12 aromatic heterocycles. The van der Waals surface area contributed by atoms with Gasteiger partial charge in [0.2, 0.25) is 0 Å². The summed E-state index contributed by atoms with van der Waals surface area (Å²) in [5.74, 6) is -1.48. The molecule has 0 aliphatic heterocycles. The molecule has 0 bridgehead atoms. The summed E-state index contributed by atoms with van der Waals surface area (Å²) in [7, 11) is 0. The van der Waals surface area contributed by atoms with Crippen molar-refractivity contribution < 1.29 is 17.6 Å². The molecule has 0 radical (unpaired) electrons. The third kappa shape index (κ3) is 32.2. The van der Waals surface area contributed by atoms with Gasteiger partial charge in [-0.05, 0) is 190 Å². The number of thioether (sulfide) groups is 6. The van der Waals surface area contributed by atoms with E-state index in [2.05, 4.69) is 131 Å². The van der Waals surface area contributed by atoms with Gasteiger partial charge in [-0.2, -0.15) is 17.6 Å². The van der Waals surface area contributed by atoms with E-state index in [0.29, 0.717) is 34.5 Å². The number of pyridine rings is 5. The van der Waals surface area contributed by atoms with Crippen molar-refractivity contribution in [3.8, 4) is 0 Å². The van der Waals surface area contributed by atoms with E-state index in [1.54, 1.807) is 65.2 Å². The van der Waals surface area contributed by atoms with Gasteiger partial charge in [0, 0.05) is 173 Å². The van der Waals surface area contributed by atoms with Crippen LogP contribution >= 0.6 is 105 Å². The van der Waals surface area contributed by atoms with Crippen LogP contribution in [0.3, 0.4) is 0 Å². The van der Waals surface area contributed by atoms with Crippen molar-refractivity contribution in [2.75, 3.05) is 0 Å². The lowest BCUT2D eigenvalue weighted by atomic mass is 10.0. The number of aromatic nitrogens is 18. The van der Waals surface area contributed by atoms with Gasteiger partial charge in [-0.25, -0.2) is 49.8 Å². The molecule has 0 aliphatic rings. The van der Waals surface area contributed by atoms with E-state index in [9.17, 15) is 31.9 Å². The van der Waals surface area contributed by atoms with Crippen LogP contribution in [0.2, 0.25) is 10.0 Å². The van der Waals surface area contributed by atoms with E-state index in [1.807, 2.05) is 136 Å². The third-order valence-corrected chi connectivity index (χ3v) is 24.7. The average molecular weight is 1810 g/mol. The first-order chi connectivity index (χ1) is 57.1. The van der Waals surface area contributed by atoms with Crippen molar-refractivity contribution in [2.45, 2.75) is 253 Å². The lowest BCUT2D eigenvalue weighted by Gasteiger charge is -2.13. The summed E-state index contributed by atoms with van der Waals surface area (Å²) in [6.45, 7) is 34.3. The van der Waals surface area contributed by atoms with Crippen LogP contribution in [0.15, 0.2) is 155 Å². The van der Waals surface area contributed by atoms with Crippen LogP contribution in [0.1, 0.15) is 211 Å². The van der Waals surface area contributed by atoms with Crippen molar-refractivity contribution in [2.24, 2.45) is 0 Å². The Morgan fingerprint density at radius 3 is 1.05 bits per heavy atom. The Morgan fingerprint density at radius 2 is 0.683 bits per heavy atom. The number of hydrogen-bond donors (Lipinski definition) is 3. The predicted molar refractivity (Wildman–Crippen MR) is 483 cm³/mol. The molecule has 638 valence electrons. The highest BCUT2D eigenvalue weighted by Crippen LogP contribution is 2.34. The SMILES string of the molecule is CCc1cncc(CC)c1CSc1nc(C(C)(F)F)cc(=O)[nH]1.CCc1cncc(CC)c1CSc1nc(C)cc(C)n1.CCc1cncc(Cl)c1CSc1nc(C(C)(F)F)cc(=O)[nH]1.CCc1cncc(Cl)c1CSc1nc(C)cc(C)n1.CCc1cnccc1CSc1nc(C)cc(=O)[nH]1.Cc1cc(C)nc(SCc2scnc2C(C)C)n1. The molecule has 12 heterocycles. The molecule has 0 fully saturated rings. The molecular formula is C86H102Cl2F4N18O3S7. The van der Waals surface area contributed by atoms with Crippen molar-refractivity contribution in [3.05, 3.63) is 280 Å². The number of aryl methyl sites for hydroxylation is 14. The second-order valence-corrected chi connectivity index (χ2v) is 35.2. The highest BCUT2D eigenvalue weighted by molar-refractivity contribution is 7.99. The van der Waals surface area contributed by atoms with E-state index in [1.165, 1.54) is 79.7 Å². The topological polar surface area (TPSA) is 292 Å². The maximum atomic E-state index is 13.4. The van der Waals surface area contributed by atoms with E-state index in [-0.39, 0.29) is 15.9 Å². The number of H-pyrrole nitrogens is 3. The minimum atomic E-state index is -3.16. The lowest BCUT2D eigenvalue weighted by molar-refractivity contribution is 0.0112. The molecule has 0 saturated carbocycles. The molecule has 0 spiro atoms. The minimum Gasteiger partial charge on any atom is -0.301 e. The van der Waals surface area contributed by atoms with Gasteiger partial charge in [0.15, 0.2) is 30.9 Å². The highest BCUT2D eigenvalue weighted by atomic mass is 35.5. The minimum absolute atomic E-state index is 0.101. The molecule has 0 aliphatic carbocycles. The number of halogens is 6. The predicted octanol–water partition coefficient (Wildman–Crippen LogP) is 21.7. The zero-order chi connectivity index (χ0) is 87.8. The maximum Gasteiger partial charge on any atom is 0.287 e. The van der Waals surface area contributed by atoms with Crippen molar-refractivity contribution in [3.63, 3.8) is 0 Å². The van der Waals surface area contributed by atoms with Gasteiger partial charge in [-0.1, -0.05) is 156 Å². The smallest absolute Gasteiger partial charge is 0.287 e. The number of nitrogens with one attached hydrogen (secondary N) is 3. The molecule has 12 aromatic rings. The fourth-order valence-corrected chi connectivity index (χ4v) is 19.3. The lowest BCUT2D eigenvalue weighted by Crippen LogP contribution is -2.17. The summed E-state index contributed by atoms with van der Waals surface area (Å²) >= 11 is 23.0. The summed E-state index contributed by atoms with van der Waals surface area (Å²) in [4.78, 5) is 107. The van der Waals surface area contributed by atoms with Crippen LogP contribution in [0, 0.1) is 48.5 Å². The number of thiazole rings is 1. The van der Waals surface area contributed by atoms with Gasteiger partial charge in [0.25, 0.3) is 28.5 Å². The molecule has 0 atom stereocenters.